The van der Waals surface area contributed by atoms with Gasteiger partial charge in [0.05, 0.1) is 29.3 Å². The van der Waals surface area contributed by atoms with E-state index in [0.717, 1.165) is 0 Å². The lowest BCUT2D eigenvalue weighted by molar-refractivity contribution is 0.611. The zero-order chi connectivity index (χ0) is 17.5. The van der Waals surface area contributed by atoms with Gasteiger partial charge in [0.1, 0.15) is 5.82 Å². The van der Waals surface area contributed by atoms with Crippen LogP contribution in [0, 0.1) is 5.82 Å². The smallest absolute Gasteiger partial charge is 0.128 e. The molecule has 4 nitrogen and oxygen atoms in total. The van der Waals surface area contributed by atoms with Gasteiger partial charge in [-0.3, -0.25) is 15.0 Å². The van der Waals surface area contributed by atoms with E-state index < -0.39 is 0 Å². The molecule has 0 aliphatic carbocycles. The normalized spacial score (nSPS) is 12.2. The minimum atomic E-state index is -0.284. The van der Waals surface area contributed by atoms with Crippen molar-refractivity contribution in [3.63, 3.8) is 0 Å². The molecule has 0 spiro atoms. The van der Waals surface area contributed by atoms with Crippen LogP contribution in [0.25, 0.3) is 5.70 Å². The monoisotopic (exact) mass is 332 g/mol. The van der Waals surface area contributed by atoms with E-state index in [0.29, 0.717) is 28.4 Å². The average molecular weight is 332 g/mol. The van der Waals surface area contributed by atoms with Crippen LogP contribution in [0.4, 0.5) is 4.39 Å². The van der Waals surface area contributed by atoms with Crippen LogP contribution in [0.5, 0.6) is 0 Å². The Bertz CT molecular complexity index is 890. The number of halogens is 1. The molecule has 1 aromatic carbocycles. The summed E-state index contributed by atoms with van der Waals surface area (Å²) in [5.74, 6) is -0.284. The largest absolute Gasteiger partial charge is 0.397 e. The summed E-state index contributed by atoms with van der Waals surface area (Å²) >= 11 is 0. The molecule has 2 N–H and O–H groups in total. The standard InChI is InChI=1S/C20H17FN4/c21-16-8-2-1-7-15(16)14-25-20(19-10-4-6-12-24-19)13-17(22)18-9-3-5-11-23-18/h1-13H,14,22H2. The van der Waals surface area contributed by atoms with Gasteiger partial charge in [0, 0.05) is 18.0 Å². The topological polar surface area (TPSA) is 64.2 Å². The Morgan fingerprint density at radius 3 is 2.20 bits per heavy atom. The second-order valence-electron chi connectivity index (χ2n) is 5.32. The van der Waals surface area contributed by atoms with Gasteiger partial charge in [-0.2, -0.15) is 0 Å². The Hall–Kier alpha value is -3.34. The molecule has 0 unspecified atom stereocenters. The van der Waals surface area contributed by atoms with Crippen LogP contribution in [-0.2, 0) is 6.54 Å². The van der Waals surface area contributed by atoms with Crippen molar-refractivity contribution in [3.05, 3.63) is 102 Å². The summed E-state index contributed by atoms with van der Waals surface area (Å²) in [5.41, 5.74) is 9.02. The van der Waals surface area contributed by atoms with E-state index >= 15 is 0 Å². The third-order valence-corrected chi connectivity index (χ3v) is 3.56. The van der Waals surface area contributed by atoms with Crippen molar-refractivity contribution in [3.8, 4) is 0 Å². The highest BCUT2D eigenvalue weighted by Crippen LogP contribution is 2.11. The Morgan fingerprint density at radius 1 is 0.920 bits per heavy atom. The lowest BCUT2D eigenvalue weighted by atomic mass is 10.1. The number of nitrogens with two attached hydrogens (primary N) is 1. The first-order chi connectivity index (χ1) is 12.2. The van der Waals surface area contributed by atoms with Gasteiger partial charge >= 0.3 is 0 Å². The van der Waals surface area contributed by atoms with Gasteiger partial charge in [-0.05, 0) is 36.4 Å². The number of benzene rings is 1. The third-order valence-electron chi connectivity index (χ3n) is 3.56. The highest BCUT2D eigenvalue weighted by atomic mass is 19.1. The molecule has 3 rings (SSSR count). The Kier molecular flexibility index (Phi) is 5.26. The van der Waals surface area contributed by atoms with Crippen LogP contribution in [0.1, 0.15) is 17.0 Å². The molecule has 0 saturated heterocycles. The maximum Gasteiger partial charge on any atom is 0.128 e. The molecule has 0 amide bonds. The van der Waals surface area contributed by atoms with E-state index in [1.807, 2.05) is 36.4 Å². The number of aliphatic imine (C=N–C) groups is 1. The fourth-order valence-corrected chi connectivity index (χ4v) is 2.27. The lowest BCUT2D eigenvalue weighted by Gasteiger charge is -2.05. The number of pyridine rings is 2. The molecule has 5 heteroatoms. The van der Waals surface area contributed by atoms with Crippen molar-refractivity contribution >= 4 is 11.4 Å². The van der Waals surface area contributed by atoms with Crippen molar-refractivity contribution in [2.45, 2.75) is 6.54 Å². The zero-order valence-electron chi connectivity index (χ0n) is 13.5. The molecule has 25 heavy (non-hydrogen) atoms. The summed E-state index contributed by atoms with van der Waals surface area (Å²) in [5, 5.41) is 0. The maximum atomic E-state index is 13.8. The molecular weight excluding hydrogens is 315 g/mol. The molecule has 3 aromatic rings. The molecule has 0 atom stereocenters. The summed E-state index contributed by atoms with van der Waals surface area (Å²) in [6, 6.07) is 17.6. The van der Waals surface area contributed by atoms with Crippen LogP contribution in [0.15, 0.2) is 84.1 Å². The van der Waals surface area contributed by atoms with Gasteiger partial charge in [-0.25, -0.2) is 4.39 Å². The minimum absolute atomic E-state index is 0.199. The Balaban J connectivity index is 1.96. The summed E-state index contributed by atoms with van der Waals surface area (Å²) < 4.78 is 13.8. The number of hydrogen-bond acceptors (Lipinski definition) is 4. The van der Waals surface area contributed by atoms with Crippen LogP contribution in [0.3, 0.4) is 0 Å². The molecule has 2 aromatic heterocycles. The van der Waals surface area contributed by atoms with Crippen molar-refractivity contribution in [1.82, 2.24) is 9.97 Å². The SMILES string of the molecule is NC(=CC(=NCc1ccccc1F)c1ccccn1)c1ccccn1. The van der Waals surface area contributed by atoms with E-state index in [1.165, 1.54) is 6.07 Å². The number of rotatable bonds is 5. The second-order valence-corrected chi connectivity index (χ2v) is 5.32. The first kappa shape index (κ1) is 16.5. The quantitative estimate of drug-likeness (QED) is 0.726. The molecule has 0 saturated carbocycles. The first-order valence-electron chi connectivity index (χ1n) is 7.82. The molecule has 0 fully saturated rings. The van der Waals surface area contributed by atoms with Gasteiger partial charge in [0.25, 0.3) is 0 Å². The molecule has 0 aliphatic heterocycles. The van der Waals surface area contributed by atoms with Crippen LogP contribution in [-0.4, -0.2) is 15.7 Å². The molecule has 0 aliphatic rings. The van der Waals surface area contributed by atoms with Gasteiger partial charge in [0.15, 0.2) is 0 Å². The maximum absolute atomic E-state index is 13.8. The summed E-state index contributed by atoms with van der Waals surface area (Å²) in [4.78, 5) is 13.1. The first-order valence-corrected chi connectivity index (χ1v) is 7.82. The number of hydrogen-bond donors (Lipinski definition) is 1. The number of aromatic nitrogens is 2. The van der Waals surface area contributed by atoms with E-state index in [-0.39, 0.29) is 12.4 Å². The molecule has 0 radical (unpaired) electrons. The van der Waals surface area contributed by atoms with E-state index in [1.54, 1.807) is 36.7 Å². The Morgan fingerprint density at radius 2 is 1.56 bits per heavy atom. The number of allylic oxidation sites excluding steroid dienone is 1. The summed E-state index contributed by atoms with van der Waals surface area (Å²) in [6.07, 6.45) is 5.07. The van der Waals surface area contributed by atoms with Crippen molar-refractivity contribution in [2.24, 2.45) is 10.7 Å². The highest BCUT2D eigenvalue weighted by molar-refractivity contribution is 6.10. The summed E-state index contributed by atoms with van der Waals surface area (Å²) in [7, 11) is 0. The van der Waals surface area contributed by atoms with Crippen molar-refractivity contribution in [2.75, 3.05) is 0 Å². The fourth-order valence-electron chi connectivity index (χ4n) is 2.27. The highest BCUT2D eigenvalue weighted by Gasteiger charge is 2.06. The van der Waals surface area contributed by atoms with Crippen molar-refractivity contribution < 1.29 is 4.39 Å². The Labute approximate surface area is 145 Å². The zero-order valence-corrected chi connectivity index (χ0v) is 13.5. The van der Waals surface area contributed by atoms with Crippen molar-refractivity contribution in [1.29, 1.82) is 0 Å². The van der Waals surface area contributed by atoms with Gasteiger partial charge in [-0.15, -0.1) is 0 Å². The van der Waals surface area contributed by atoms with Crippen LogP contribution >= 0.6 is 0 Å². The van der Waals surface area contributed by atoms with Crippen LogP contribution < -0.4 is 5.73 Å². The van der Waals surface area contributed by atoms with E-state index in [4.69, 9.17) is 5.73 Å². The van der Waals surface area contributed by atoms with Gasteiger partial charge in [0.2, 0.25) is 0 Å². The van der Waals surface area contributed by atoms with Crippen LogP contribution in [0.2, 0.25) is 0 Å². The molecular formula is C20H17FN4. The summed E-state index contributed by atoms with van der Waals surface area (Å²) in [6.45, 7) is 0.199. The number of nitrogens with zero attached hydrogens (tertiary/aromatic N) is 3. The predicted octanol–water partition coefficient (Wildman–Crippen LogP) is 3.60. The molecule has 0 bridgehead atoms. The fraction of sp³-hybridized carbons (Fsp3) is 0.0500. The van der Waals surface area contributed by atoms with E-state index in [2.05, 4.69) is 15.0 Å². The van der Waals surface area contributed by atoms with Gasteiger partial charge < -0.3 is 5.73 Å². The predicted molar refractivity (Wildman–Crippen MR) is 97.3 cm³/mol. The third kappa shape index (κ3) is 4.35. The van der Waals surface area contributed by atoms with E-state index in [9.17, 15) is 4.39 Å². The molecule has 2 heterocycles. The molecule has 124 valence electrons. The van der Waals surface area contributed by atoms with Gasteiger partial charge in [-0.1, -0.05) is 30.3 Å². The second kappa shape index (κ2) is 7.97. The minimum Gasteiger partial charge on any atom is -0.397 e. The average Bonchev–Trinajstić information content (AvgIpc) is 2.67. The lowest BCUT2D eigenvalue weighted by Crippen LogP contribution is -2.07.